The van der Waals surface area contributed by atoms with Gasteiger partial charge in [0.25, 0.3) is 5.56 Å². The molecular formula is C26H26FN5O2. The van der Waals surface area contributed by atoms with E-state index in [1.54, 1.807) is 20.0 Å². The Bertz CT molecular complexity index is 1500. The van der Waals surface area contributed by atoms with Crippen molar-refractivity contribution >= 4 is 10.9 Å². The number of halogens is 1. The number of imidazole rings is 1. The van der Waals surface area contributed by atoms with Crippen molar-refractivity contribution in [1.29, 1.82) is 0 Å². The number of hydrogen-bond donors (Lipinski definition) is 1. The maximum absolute atomic E-state index is 14.0. The van der Waals surface area contributed by atoms with Gasteiger partial charge in [-0.25, -0.2) is 19.3 Å². The third-order valence-corrected chi connectivity index (χ3v) is 7.62. The number of pyridine rings is 1. The third kappa shape index (κ3) is 3.12. The summed E-state index contributed by atoms with van der Waals surface area (Å²) in [7, 11) is 1.69. The van der Waals surface area contributed by atoms with Gasteiger partial charge < -0.3 is 14.2 Å². The van der Waals surface area contributed by atoms with E-state index in [-0.39, 0.29) is 22.9 Å². The highest BCUT2D eigenvalue weighted by Crippen LogP contribution is 2.49. The van der Waals surface area contributed by atoms with Crippen molar-refractivity contribution in [2.24, 2.45) is 7.05 Å². The van der Waals surface area contributed by atoms with Gasteiger partial charge in [0.2, 0.25) is 0 Å². The SMILES string of the molecule is Cc1nc(-c2nc3n(c2-c2ccc4ncn(C)c(=O)c4c2)CC[C@]32CC[C@H](O)CC2)ccc1F. The quantitative estimate of drug-likeness (QED) is 0.492. The molecule has 4 heterocycles. The second kappa shape index (κ2) is 7.56. The smallest absolute Gasteiger partial charge is 0.260 e. The second-order valence-electron chi connectivity index (χ2n) is 9.70. The van der Waals surface area contributed by atoms with Gasteiger partial charge >= 0.3 is 0 Å². The van der Waals surface area contributed by atoms with Crippen LogP contribution in [0, 0.1) is 12.7 Å². The van der Waals surface area contributed by atoms with Crippen LogP contribution >= 0.6 is 0 Å². The van der Waals surface area contributed by atoms with E-state index in [9.17, 15) is 14.3 Å². The number of fused-ring (bicyclic) bond motifs is 3. The minimum Gasteiger partial charge on any atom is -0.393 e. The van der Waals surface area contributed by atoms with Gasteiger partial charge in [-0.05, 0) is 63.3 Å². The van der Waals surface area contributed by atoms with E-state index < -0.39 is 0 Å². The number of rotatable bonds is 2. The predicted molar refractivity (Wildman–Crippen MR) is 127 cm³/mol. The number of aryl methyl sites for hydroxylation is 2. The lowest BCUT2D eigenvalue weighted by Crippen LogP contribution is -2.32. The molecule has 7 nitrogen and oxygen atoms in total. The van der Waals surface area contributed by atoms with E-state index in [2.05, 4.69) is 14.5 Å². The lowest BCUT2D eigenvalue weighted by molar-refractivity contribution is 0.0942. The molecule has 1 aliphatic carbocycles. The Morgan fingerprint density at radius 2 is 1.91 bits per heavy atom. The van der Waals surface area contributed by atoms with E-state index in [4.69, 9.17) is 4.98 Å². The average Bonchev–Trinajstić information content (AvgIpc) is 3.38. The molecule has 6 rings (SSSR count). The summed E-state index contributed by atoms with van der Waals surface area (Å²) >= 11 is 0. The fraction of sp³-hybridized carbons (Fsp3) is 0.385. The van der Waals surface area contributed by atoms with E-state index in [0.29, 0.717) is 28.0 Å². The van der Waals surface area contributed by atoms with Crippen LogP contribution in [-0.4, -0.2) is 35.3 Å². The topological polar surface area (TPSA) is 85.8 Å². The number of nitrogens with zero attached hydrogens (tertiary/aromatic N) is 5. The van der Waals surface area contributed by atoms with Crippen LogP contribution in [0.3, 0.4) is 0 Å². The minimum atomic E-state index is -0.352. The average molecular weight is 460 g/mol. The van der Waals surface area contributed by atoms with Crippen LogP contribution in [0.4, 0.5) is 4.39 Å². The summed E-state index contributed by atoms with van der Waals surface area (Å²) in [6.07, 6.45) is 5.57. The molecule has 0 saturated heterocycles. The van der Waals surface area contributed by atoms with Crippen molar-refractivity contribution in [1.82, 2.24) is 24.1 Å². The van der Waals surface area contributed by atoms with Gasteiger partial charge in [-0.15, -0.1) is 0 Å². The zero-order chi connectivity index (χ0) is 23.6. The number of aliphatic hydroxyl groups is 1. The summed E-state index contributed by atoms with van der Waals surface area (Å²) in [5.74, 6) is 0.655. The Hall–Kier alpha value is -3.39. The first kappa shape index (κ1) is 21.2. The van der Waals surface area contributed by atoms with Crippen LogP contribution in [0.2, 0.25) is 0 Å². The highest BCUT2D eigenvalue weighted by molar-refractivity contribution is 5.87. The first-order chi connectivity index (χ1) is 16.4. The number of benzene rings is 1. The lowest BCUT2D eigenvalue weighted by Gasteiger charge is -2.34. The Morgan fingerprint density at radius 1 is 1.12 bits per heavy atom. The monoisotopic (exact) mass is 459 g/mol. The Balaban J connectivity index is 1.60. The molecule has 34 heavy (non-hydrogen) atoms. The van der Waals surface area contributed by atoms with Crippen LogP contribution in [0.5, 0.6) is 0 Å². The Labute approximate surface area is 195 Å². The summed E-state index contributed by atoms with van der Waals surface area (Å²) in [6, 6.07) is 8.81. The highest BCUT2D eigenvalue weighted by Gasteiger charge is 2.45. The summed E-state index contributed by atoms with van der Waals surface area (Å²) in [6.45, 7) is 2.45. The molecule has 0 radical (unpaired) electrons. The molecule has 0 unspecified atom stereocenters. The van der Waals surface area contributed by atoms with Crippen molar-refractivity contribution < 1.29 is 9.50 Å². The molecule has 1 N–H and O–H groups in total. The first-order valence-corrected chi connectivity index (χ1v) is 11.7. The normalized spacial score (nSPS) is 21.9. The number of hydrogen-bond acceptors (Lipinski definition) is 5. The van der Waals surface area contributed by atoms with Gasteiger partial charge in [0, 0.05) is 24.6 Å². The number of aliphatic hydroxyl groups excluding tert-OH is 1. The van der Waals surface area contributed by atoms with Gasteiger partial charge in [-0.1, -0.05) is 6.07 Å². The largest absolute Gasteiger partial charge is 0.393 e. The van der Waals surface area contributed by atoms with E-state index in [1.807, 2.05) is 18.2 Å². The van der Waals surface area contributed by atoms with Crippen LogP contribution < -0.4 is 5.56 Å². The van der Waals surface area contributed by atoms with Gasteiger partial charge in [-0.2, -0.15) is 0 Å². The van der Waals surface area contributed by atoms with Crippen molar-refractivity contribution in [3.63, 3.8) is 0 Å². The van der Waals surface area contributed by atoms with Crippen LogP contribution in [0.15, 0.2) is 41.5 Å². The molecule has 1 spiro atoms. The van der Waals surface area contributed by atoms with Crippen LogP contribution in [-0.2, 0) is 19.0 Å². The molecule has 0 bridgehead atoms. The molecule has 1 aromatic carbocycles. The summed E-state index contributed by atoms with van der Waals surface area (Å²) in [5, 5.41) is 10.7. The van der Waals surface area contributed by atoms with Gasteiger partial charge in [0.05, 0.1) is 40.4 Å². The van der Waals surface area contributed by atoms with E-state index in [1.165, 1.54) is 17.0 Å². The molecule has 8 heteroatoms. The summed E-state index contributed by atoms with van der Waals surface area (Å²) in [5.41, 5.74) is 3.85. The van der Waals surface area contributed by atoms with Gasteiger partial charge in [0.15, 0.2) is 0 Å². The van der Waals surface area contributed by atoms with Gasteiger partial charge in [-0.3, -0.25) is 4.79 Å². The maximum Gasteiger partial charge on any atom is 0.260 e. The molecule has 4 aromatic rings. The molecule has 3 aromatic heterocycles. The molecular weight excluding hydrogens is 433 g/mol. The minimum absolute atomic E-state index is 0.0736. The zero-order valence-corrected chi connectivity index (χ0v) is 19.3. The van der Waals surface area contributed by atoms with E-state index >= 15 is 0 Å². The number of aromatic nitrogens is 5. The fourth-order valence-electron chi connectivity index (χ4n) is 5.65. The Morgan fingerprint density at radius 3 is 2.68 bits per heavy atom. The molecule has 0 atom stereocenters. The third-order valence-electron chi connectivity index (χ3n) is 7.62. The van der Waals surface area contributed by atoms with Crippen molar-refractivity contribution in [2.75, 3.05) is 0 Å². The lowest BCUT2D eigenvalue weighted by atomic mass is 9.72. The van der Waals surface area contributed by atoms with Crippen LogP contribution in [0.1, 0.15) is 43.6 Å². The molecule has 1 saturated carbocycles. The summed E-state index contributed by atoms with van der Waals surface area (Å²) in [4.78, 5) is 26.8. The fourth-order valence-corrected chi connectivity index (χ4v) is 5.65. The second-order valence-corrected chi connectivity index (χ2v) is 9.70. The maximum atomic E-state index is 14.0. The van der Waals surface area contributed by atoms with Crippen LogP contribution in [0.25, 0.3) is 33.5 Å². The molecule has 174 valence electrons. The van der Waals surface area contributed by atoms with Crippen molar-refractivity contribution in [3.05, 3.63) is 64.3 Å². The van der Waals surface area contributed by atoms with Crippen molar-refractivity contribution in [2.45, 2.75) is 57.1 Å². The predicted octanol–water partition coefficient (Wildman–Crippen LogP) is 3.88. The summed E-state index contributed by atoms with van der Waals surface area (Å²) < 4.78 is 17.7. The standard InChI is InChI=1S/C26H26FN5O2/c1-15-19(27)4-6-21(29-15)22-23(16-3-5-20-18(13-16)24(34)31(2)14-28-20)32-12-11-26(25(32)30-22)9-7-17(33)8-10-26/h3-6,13-14,17,33H,7-12H2,1-2H3/t17-,26+. The highest BCUT2D eigenvalue weighted by atomic mass is 19.1. The Kier molecular flexibility index (Phi) is 4.71. The first-order valence-electron chi connectivity index (χ1n) is 11.7. The van der Waals surface area contributed by atoms with Crippen molar-refractivity contribution in [3.8, 4) is 22.6 Å². The van der Waals surface area contributed by atoms with E-state index in [0.717, 1.165) is 55.7 Å². The molecule has 1 fully saturated rings. The molecule has 1 aliphatic heterocycles. The zero-order valence-electron chi connectivity index (χ0n) is 19.3. The molecule has 2 aliphatic rings. The van der Waals surface area contributed by atoms with Gasteiger partial charge in [0.1, 0.15) is 17.3 Å². The molecule has 0 amide bonds.